The van der Waals surface area contributed by atoms with E-state index in [4.69, 9.17) is 0 Å². The first-order valence-corrected chi connectivity index (χ1v) is 16.0. The number of sulfonamides is 1. The Labute approximate surface area is 233 Å². The third kappa shape index (κ3) is 6.28. The fourth-order valence-corrected chi connectivity index (χ4v) is 7.35. The molecule has 3 aliphatic rings. The fraction of sp³-hybridized carbons (Fsp3) is 0.621. The first-order chi connectivity index (χ1) is 18.8. The van der Waals surface area contributed by atoms with E-state index in [2.05, 4.69) is 50.5 Å². The standard InChI is InChI=1S/C29H42N6O3S/c1-4-39(37,38)33(3)24-10-14-34(15-11-24)25-12-16-35(17-13-25)29(36)27-21(2)28(32-20-31-27)30-19-23-18-26(23)22-8-6-5-7-9-22/h5-9,20,23-26H,4,10-19H2,1-3H3,(H,30,31,32)/t23-,26-/m0/s1. The van der Waals surface area contributed by atoms with Crippen LogP contribution < -0.4 is 5.32 Å². The van der Waals surface area contributed by atoms with Crippen LogP contribution in [0.3, 0.4) is 0 Å². The van der Waals surface area contributed by atoms with Crippen LogP contribution in [0.1, 0.15) is 66.6 Å². The van der Waals surface area contributed by atoms with Crippen molar-refractivity contribution >= 4 is 21.7 Å². The molecule has 1 aliphatic carbocycles. The van der Waals surface area contributed by atoms with Gasteiger partial charge in [0.05, 0.1) is 5.75 Å². The number of benzene rings is 1. The summed E-state index contributed by atoms with van der Waals surface area (Å²) in [6, 6.07) is 11.1. The Morgan fingerprint density at radius 3 is 2.41 bits per heavy atom. The molecule has 2 aliphatic heterocycles. The van der Waals surface area contributed by atoms with Gasteiger partial charge in [-0.05, 0) is 76.4 Å². The Hall–Kier alpha value is -2.56. The summed E-state index contributed by atoms with van der Waals surface area (Å²) in [6.45, 7) is 7.70. The molecule has 0 spiro atoms. The number of hydrogen-bond donors (Lipinski definition) is 1. The van der Waals surface area contributed by atoms with Crippen molar-refractivity contribution in [3.05, 3.63) is 53.5 Å². The third-order valence-electron chi connectivity index (χ3n) is 9.05. The molecule has 1 saturated carbocycles. The van der Waals surface area contributed by atoms with E-state index < -0.39 is 10.0 Å². The second-order valence-electron chi connectivity index (χ2n) is 11.3. The maximum Gasteiger partial charge on any atom is 0.272 e. The lowest BCUT2D eigenvalue weighted by atomic mass is 9.97. The van der Waals surface area contributed by atoms with Crippen LogP contribution in [0.4, 0.5) is 5.82 Å². The number of hydrogen-bond acceptors (Lipinski definition) is 7. The Kier molecular flexibility index (Phi) is 8.54. The molecule has 1 amide bonds. The van der Waals surface area contributed by atoms with E-state index in [9.17, 15) is 13.2 Å². The molecule has 3 fully saturated rings. The molecule has 2 saturated heterocycles. The van der Waals surface area contributed by atoms with Crippen LogP contribution in [0.2, 0.25) is 0 Å². The highest BCUT2D eigenvalue weighted by Crippen LogP contribution is 2.47. The summed E-state index contributed by atoms with van der Waals surface area (Å²) in [5, 5.41) is 3.48. The van der Waals surface area contributed by atoms with Crippen molar-refractivity contribution in [2.75, 3.05) is 50.8 Å². The monoisotopic (exact) mass is 554 g/mol. The van der Waals surface area contributed by atoms with E-state index in [0.29, 0.717) is 36.7 Å². The van der Waals surface area contributed by atoms with Crippen LogP contribution in [0.15, 0.2) is 36.7 Å². The van der Waals surface area contributed by atoms with Crippen LogP contribution >= 0.6 is 0 Å². The van der Waals surface area contributed by atoms with Crippen molar-refractivity contribution < 1.29 is 13.2 Å². The Balaban J connectivity index is 1.10. The van der Waals surface area contributed by atoms with E-state index in [-0.39, 0.29) is 17.7 Å². The Morgan fingerprint density at radius 1 is 1.05 bits per heavy atom. The van der Waals surface area contributed by atoms with E-state index in [1.807, 2.05) is 11.8 Å². The van der Waals surface area contributed by atoms with Gasteiger partial charge < -0.3 is 15.1 Å². The zero-order chi connectivity index (χ0) is 27.6. The molecule has 0 radical (unpaired) electrons. The van der Waals surface area contributed by atoms with Crippen molar-refractivity contribution in [2.24, 2.45) is 5.92 Å². The van der Waals surface area contributed by atoms with Gasteiger partial charge in [0.1, 0.15) is 17.8 Å². The number of aromatic nitrogens is 2. The quantitative estimate of drug-likeness (QED) is 0.508. The fourth-order valence-electron chi connectivity index (χ4n) is 6.28. The van der Waals surface area contributed by atoms with Crippen LogP contribution in [-0.4, -0.2) is 96.0 Å². The number of carbonyl (C=O) groups excluding carboxylic acids is 1. The van der Waals surface area contributed by atoms with Crippen molar-refractivity contribution in [3.8, 4) is 0 Å². The van der Waals surface area contributed by atoms with Gasteiger partial charge in [-0.15, -0.1) is 0 Å². The van der Waals surface area contributed by atoms with E-state index in [0.717, 1.165) is 56.7 Å². The predicted octanol–water partition coefficient (Wildman–Crippen LogP) is 3.35. The molecule has 2 aromatic rings. The summed E-state index contributed by atoms with van der Waals surface area (Å²) in [6.07, 6.45) is 6.24. The van der Waals surface area contributed by atoms with Gasteiger partial charge in [-0.25, -0.2) is 22.7 Å². The molecule has 0 unspecified atom stereocenters. The van der Waals surface area contributed by atoms with Crippen LogP contribution in [0.25, 0.3) is 0 Å². The van der Waals surface area contributed by atoms with Gasteiger partial charge in [-0.1, -0.05) is 30.3 Å². The SMILES string of the molecule is CCS(=O)(=O)N(C)C1CCN(C2CCN(C(=O)c3ncnc(NC[C@@H]4C[C@H]4c4ccccc4)c3C)CC2)CC1. The summed E-state index contributed by atoms with van der Waals surface area (Å²) in [5.74, 6) is 2.06. The lowest BCUT2D eigenvalue weighted by Gasteiger charge is -2.43. The van der Waals surface area contributed by atoms with Crippen LogP contribution in [0, 0.1) is 12.8 Å². The molecule has 5 rings (SSSR count). The van der Waals surface area contributed by atoms with Gasteiger partial charge in [-0.3, -0.25) is 4.79 Å². The Morgan fingerprint density at radius 2 is 1.74 bits per heavy atom. The highest BCUT2D eigenvalue weighted by Gasteiger charge is 2.38. The van der Waals surface area contributed by atoms with Crippen LogP contribution in [-0.2, 0) is 10.0 Å². The number of nitrogens with one attached hydrogen (secondary N) is 1. The molecule has 9 nitrogen and oxygen atoms in total. The molecule has 1 aromatic heterocycles. The largest absolute Gasteiger partial charge is 0.369 e. The average Bonchev–Trinajstić information content (AvgIpc) is 3.76. The molecule has 39 heavy (non-hydrogen) atoms. The number of rotatable bonds is 9. The Bertz CT molecular complexity index is 1240. The van der Waals surface area contributed by atoms with E-state index in [1.54, 1.807) is 18.3 Å². The van der Waals surface area contributed by atoms with Crippen molar-refractivity contribution in [3.63, 3.8) is 0 Å². The molecule has 3 heterocycles. The van der Waals surface area contributed by atoms with Crippen molar-refractivity contribution in [1.82, 2.24) is 24.1 Å². The minimum absolute atomic E-state index is 0.0184. The zero-order valence-corrected chi connectivity index (χ0v) is 24.2. The topological polar surface area (TPSA) is 98.7 Å². The van der Waals surface area contributed by atoms with Gasteiger partial charge >= 0.3 is 0 Å². The van der Waals surface area contributed by atoms with Gasteiger partial charge in [-0.2, -0.15) is 0 Å². The number of piperidine rings is 2. The zero-order valence-electron chi connectivity index (χ0n) is 23.4. The second-order valence-corrected chi connectivity index (χ2v) is 13.6. The first-order valence-electron chi connectivity index (χ1n) is 14.4. The van der Waals surface area contributed by atoms with Crippen LogP contribution in [0.5, 0.6) is 0 Å². The maximum absolute atomic E-state index is 13.4. The lowest BCUT2D eigenvalue weighted by Crippen LogP contribution is -2.52. The molecule has 212 valence electrons. The maximum atomic E-state index is 13.4. The predicted molar refractivity (Wildman–Crippen MR) is 153 cm³/mol. The van der Waals surface area contributed by atoms with Gasteiger partial charge in [0.2, 0.25) is 10.0 Å². The van der Waals surface area contributed by atoms with Gasteiger partial charge in [0.25, 0.3) is 5.91 Å². The van der Waals surface area contributed by atoms with Gasteiger partial charge in [0.15, 0.2) is 0 Å². The normalized spacial score (nSPS) is 23.2. The lowest BCUT2D eigenvalue weighted by molar-refractivity contribution is 0.0542. The van der Waals surface area contributed by atoms with Gasteiger partial charge in [0, 0.05) is 44.3 Å². The minimum atomic E-state index is -3.15. The molecule has 1 aromatic carbocycles. The summed E-state index contributed by atoms with van der Waals surface area (Å²) in [7, 11) is -1.44. The molecular formula is C29H42N6O3S. The smallest absolute Gasteiger partial charge is 0.272 e. The van der Waals surface area contributed by atoms with E-state index in [1.165, 1.54) is 18.3 Å². The summed E-state index contributed by atoms with van der Waals surface area (Å²) < 4.78 is 26.1. The van der Waals surface area contributed by atoms with Crippen molar-refractivity contribution in [2.45, 2.75) is 64.0 Å². The number of amides is 1. The second kappa shape index (κ2) is 11.9. The number of carbonyl (C=O) groups is 1. The molecule has 0 bridgehead atoms. The minimum Gasteiger partial charge on any atom is -0.369 e. The molecular weight excluding hydrogens is 512 g/mol. The van der Waals surface area contributed by atoms with Crippen molar-refractivity contribution in [1.29, 1.82) is 0 Å². The molecule has 2 atom stereocenters. The molecule has 10 heteroatoms. The first kappa shape index (κ1) is 28.0. The average molecular weight is 555 g/mol. The summed E-state index contributed by atoms with van der Waals surface area (Å²) >= 11 is 0. The molecule has 1 N–H and O–H groups in total. The van der Waals surface area contributed by atoms with E-state index >= 15 is 0 Å². The number of likely N-dealkylation sites (tertiary alicyclic amines) is 2. The number of anilines is 1. The number of nitrogens with zero attached hydrogens (tertiary/aromatic N) is 5. The summed E-state index contributed by atoms with van der Waals surface area (Å²) in [5.41, 5.74) is 2.70. The summed E-state index contributed by atoms with van der Waals surface area (Å²) in [4.78, 5) is 26.6. The highest BCUT2D eigenvalue weighted by molar-refractivity contribution is 7.89. The third-order valence-corrected chi connectivity index (χ3v) is 11.0. The highest BCUT2D eigenvalue weighted by atomic mass is 32.2.